The van der Waals surface area contributed by atoms with E-state index in [0.717, 1.165) is 12.8 Å². The van der Waals surface area contributed by atoms with E-state index in [1.165, 1.54) is 14.0 Å². The highest BCUT2D eigenvalue weighted by molar-refractivity contribution is 5.70. The molecule has 86 valence electrons. The van der Waals surface area contributed by atoms with Crippen molar-refractivity contribution in [1.29, 1.82) is 0 Å². The van der Waals surface area contributed by atoms with E-state index in [1.807, 2.05) is 0 Å². The Morgan fingerprint density at radius 2 is 2.20 bits per heavy atom. The molecule has 1 aliphatic heterocycles. The van der Waals surface area contributed by atoms with Crippen molar-refractivity contribution in [2.45, 2.75) is 38.4 Å². The summed E-state index contributed by atoms with van der Waals surface area (Å²) in [7, 11) is 1.33. The molecule has 0 spiro atoms. The van der Waals surface area contributed by atoms with Crippen LogP contribution in [-0.2, 0) is 23.8 Å². The van der Waals surface area contributed by atoms with Crippen LogP contribution in [0.15, 0.2) is 0 Å². The second-order valence-corrected chi connectivity index (χ2v) is 3.48. The van der Waals surface area contributed by atoms with Crippen LogP contribution in [0.25, 0.3) is 0 Å². The van der Waals surface area contributed by atoms with Crippen LogP contribution in [-0.4, -0.2) is 37.9 Å². The zero-order chi connectivity index (χ0) is 11.3. The van der Waals surface area contributed by atoms with E-state index in [0.29, 0.717) is 6.61 Å². The SMILES string of the molecule is COC(=O)C[C@@H]1OCCC[C@H]1OC(C)=O. The van der Waals surface area contributed by atoms with Gasteiger partial charge in [0.05, 0.1) is 13.5 Å². The molecule has 0 unspecified atom stereocenters. The third-order valence-electron chi connectivity index (χ3n) is 2.29. The van der Waals surface area contributed by atoms with Crippen molar-refractivity contribution >= 4 is 11.9 Å². The molecular formula is C10H16O5. The molecule has 5 nitrogen and oxygen atoms in total. The summed E-state index contributed by atoms with van der Waals surface area (Å²) in [5.74, 6) is -0.695. The minimum Gasteiger partial charge on any atom is -0.469 e. The van der Waals surface area contributed by atoms with Gasteiger partial charge in [0.1, 0.15) is 12.2 Å². The summed E-state index contributed by atoms with van der Waals surface area (Å²) >= 11 is 0. The maximum atomic E-state index is 11.1. The monoisotopic (exact) mass is 216 g/mol. The van der Waals surface area contributed by atoms with Crippen LogP contribution in [0.3, 0.4) is 0 Å². The number of ether oxygens (including phenoxy) is 3. The van der Waals surface area contributed by atoms with Crippen molar-refractivity contribution in [3.63, 3.8) is 0 Å². The molecule has 0 amide bonds. The van der Waals surface area contributed by atoms with Gasteiger partial charge in [-0.3, -0.25) is 9.59 Å². The highest BCUT2D eigenvalue weighted by atomic mass is 16.6. The van der Waals surface area contributed by atoms with E-state index in [2.05, 4.69) is 4.74 Å². The third kappa shape index (κ3) is 3.87. The Morgan fingerprint density at radius 3 is 2.80 bits per heavy atom. The molecule has 0 aliphatic carbocycles. The minimum atomic E-state index is -0.366. The molecule has 0 bridgehead atoms. The smallest absolute Gasteiger partial charge is 0.308 e. The fourth-order valence-electron chi connectivity index (χ4n) is 1.60. The number of esters is 2. The van der Waals surface area contributed by atoms with Gasteiger partial charge in [0, 0.05) is 13.5 Å². The largest absolute Gasteiger partial charge is 0.469 e. The quantitative estimate of drug-likeness (QED) is 0.648. The fraction of sp³-hybridized carbons (Fsp3) is 0.800. The summed E-state index contributed by atoms with van der Waals surface area (Å²) in [6.07, 6.45) is 1.02. The van der Waals surface area contributed by atoms with Gasteiger partial charge in [0.25, 0.3) is 0 Å². The number of hydrogen-bond donors (Lipinski definition) is 0. The lowest BCUT2D eigenvalue weighted by Crippen LogP contribution is -2.39. The average molecular weight is 216 g/mol. The Morgan fingerprint density at radius 1 is 1.47 bits per heavy atom. The molecule has 1 rings (SSSR count). The van der Waals surface area contributed by atoms with Gasteiger partial charge in [-0.25, -0.2) is 0 Å². The van der Waals surface area contributed by atoms with Gasteiger partial charge in [-0.1, -0.05) is 0 Å². The summed E-state index contributed by atoms with van der Waals surface area (Å²) < 4.78 is 15.0. The first-order valence-corrected chi connectivity index (χ1v) is 4.99. The fourth-order valence-corrected chi connectivity index (χ4v) is 1.60. The number of hydrogen-bond acceptors (Lipinski definition) is 5. The van der Waals surface area contributed by atoms with Crippen LogP contribution in [0.1, 0.15) is 26.2 Å². The molecule has 1 saturated heterocycles. The van der Waals surface area contributed by atoms with Gasteiger partial charge in [-0.15, -0.1) is 0 Å². The standard InChI is InChI=1S/C10H16O5/c1-7(11)15-8-4-3-5-14-9(8)6-10(12)13-2/h8-9H,3-6H2,1-2H3/t8-,9+/m1/s1. The van der Waals surface area contributed by atoms with Crippen LogP contribution >= 0.6 is 0 Å². The first kappa shape index (κ1) is 12.0. The van der Waals surface area contributed by atoms with Crippen LogP contribution in [0.4, 0.5) is 0 Å². The Balaban J connectivity index is 2.49. The van der Waals surface area contributed by atoms with Gasteiger partial charge in [-0.05, 0) is 12.8 Å². The Kier molecular flexibility index (Phi) is 4.55. The highest BCUT2D eigenvalue weighted by Crippen LogP contribution is 2.20. The predicted molar refractivity (Wildman–Crippen MR) is 51.2 cm³/mol. The molecule has 0 aromatic carbocycles. The molecule has 0 aromatic rings. The number of carbonyl (C=O) groups excluding carboxylic acids is 2. The maximum absolute atomic E-state index is 11.1. The molecule has 5 heteroatoms. The van der Waals surface area contributed by atoms with E-state index in [4.69, 9.17) is 9.47 Å². The molecule has 1 heterocycles. The predicted octanol–water partition coefficient (Wildman–Crippen LogP) is 0.660. The molecule has 1 fully saturated rings. The van der Waals surface area contributed by atoms with Crippen molar-refractivity contribution in [3.05, 3.63) is 0 Å². The second-order valence-electron chi connectivity index (χ2n) is 3.48. The highest BCUT2D eigenvalue weighted by Gasteiger charge is 2.30. The zero-order valence-electron chi connectivity index (χ0n) is 9.02. The first-order chi connectivity index (χ1) is 7.13. The summed E-state index contributed by atoms with van der Waals surface area (Å²) in [5.41, 5.74) is 0. The Bertz CT molecular complexity index is 238. The molecule has 2 atom stereocenters. The molecule has 0 radical (unpaired) electrons. The van der Waals surface area contributed by atoms with E-state index in [9.17, 15) is 9.59 Å². The van der Waals surface area contributed by atoms with E-state index >= 15 is 0 Å². The third-order valence-corrected chi connectivity index (χ3v) is 2.29. The minimum absolute atomic E-state index is 0.133. The van der Waals surface area contributed by atoms with Gasteiger partial charge in [0.15, 0.2) is 0 Å². The van der Waals surface area contributed by atoms with Crippen molar-refractivity contribution < 1.29 is 23.8 Å². The molecule has 0 saturated carbocycles. The summed E-state index contributed by atoms with van der Waals surface area (Å²) in [6, 6.07) is 0. The molecule has 0 aromatic heterocycles. The number of rotatable bonds is 3. The van der Waals surface area contributed by atoms with Gasteiger partial charge in [0.2, 0.25) is 0 Å². The van der Waals surface area contributed by atoms with Crippen molar-refractivity contribution in [3.8, 4) is 0 Å². The number of carbonyl (C=O) groups is 2. The lowest BCUT2D eigenvalue weighted by atomic mass is 10.0. The zero-order valence-corrected chi connectivity index (χ0v) is 9.02. The van der Waals surface area contributed by atoms with Gasteiger partial charge < -0.3 is 14.2 Å². The van der Waals surface area contributed by atoms with Gasteiger partial charge in [-0.2, -0.15) is 0 Å². The molecule has 15 heavy (non-hydrogen) atoms. The van der Waals surface area contributed by atoms with E-state index in [1.54, 1.807) is 0 Å². The van der Waals surface area contributed by atoms with Crippen LogP contribution < -0.4 is 0 Å². The Labute approximate surface area is 88.7 Å². The number of methoxy groups -OCH3 is 1. The van der Waals surface area contributed by atoms with Crippen LogP contribution in [0.2, 0.25) is 0 Å². The summed E-state index contributed by atoms with van der Waals surface area (Å²) in [6.45, 7) is 1.95. The Hall–Kier alpha value is -1.10. The summed E-state index contributed by atoms with van der Waals surface area (Å²) in [4.78, 5) is 21.9. The molecular weight excluding hydrogens is 200 g/mol. The molecule has 1 aliphatic rings. The van der Waals surface area contributed by atoms with Crippen molar-refractivity contribution in [1.82, 2.24) is 0 Å². The van der Waals surface area contributed by atoms with Crippen molar-refractivity contribution in [2.24, 2.45) is 0 Å². The van der Waals surface area contributed by atoms with Crippen LogP contribution in [0.5, 0.6) is 0 Å². The van der Waals surface area contributed by atoms with Gasteiger partial charge >= 0.3 is 11.9 Å². The molecule has 0 N–H and O–H groups in total. The maximum Gasteiger partial charge on any atom is 0.308 e. The normalized spacial score (nSPS) is 25.7. The lowest BCUT2D eigenvalue weighted by molar-refractivity contribution is -0.167. The topological polar surface area (TPSA) is 61.8 Å². The second kappa shape index (κ2) is 5.70. The lowest BCUT2D eigenvalue weighted by Gasteiger charge is -2.30. The van der Waals surface area contributed by atoms with E-state index < -0.39 is 0 Å². The first-order valence-electron chi connectivity index (χ1n) is 4.99. The van der Waals surface area contributed by atoms with Crippen LogP contribution in [0, 0.1) is 0 Å². The summed E-state index contributed by atoms with van der Waals surface area (Å²) in [5, 5.41) is 0. The average Bonchev–Trinajstić information content (AvgIpc) is 2.20. The van der Waals surface area contributed by atoms with Crippen molar-refractivity contribution in [2.75, 3.05) is 13.7 Å². The van der Waals surface area contributed by atoms with E-state index in [-0.39, 0.29) is 30.6 Å².